The zero-order valence-electron chi connectivity index (χ0n) is 16.1. The summed E-state index contributed by atoms with van der Waals surface area (Å²) in [5.74, 6) is 1.10. The summed E-state index contributed by atoms with van der Waals surface area (Å²) in [6.45, 7) is 6.85. The van der Waals surface area contributed by atoms with Gasteiger partial charge < -0.3 is 21.1 Å². The lowest BCUT2D eigenvalue weighted by molar-refractivity contribution is -0.384. The van der Waals surface area contributed by atoms with Crippen LogP contribution in [0, 0.1) is 16.0 Å². The van der Waals surface area contributed by atoms with Crippen molar-refractivity contribution in [1.29, 1.82) is 0 Å². The average molecular weight is 493 g/mol. The minimum absolute atomic E-state index is 0. The van der Waals surface area contributed by atoms with Gasteiger partial charge in [-0.05, 0) is 31.7 Å². The Kier molecular flexibility index (Phi) is 14.5. The number of hydrogen-bond donors (Lipinski definition) is 4. The van der Waals surface area contributed by atoms with Crippen LogP contribution in [0.4, 0.5) is 11.4 Å². The summed E-state index contributed by atoms with van der Waals surface area (Å²) < 4.78 is 0. The van der Waals surface area contributed by atoms with Gasteiger partial charge in [0.2, 0.25) is 0 Å². The van der Waals surface area contributed by atoms with Gasteiger partial charge in [-0.1, -0.05) is 25.5 Å². The van der Waals surface area contributed by atoms with Crippen LogP contribution < -0.4 is 16.0 Å². The molecule has 0 fully saturated rings. The smallest absolute Gasteiger partial charge is 0.292 e. The second-order valence-corrected chi connectivity index (χ2v) is 6.01. The maximum absolute atomic E-state index is 11.0. The summed E-state index contributed by atoms with van der Waals surface area (Å²) in [4.78, 5) is 15.2. The zero-order chi connectivity index (χ0) is 19.2. The van der Waals surface area contributed by atoms with E-state index in [2.05, 4.69) is 27.9 Å². The Labute approximate surface area is 178 Å². The molecule has 0 radical (unpaired) electrons. The van der Waals surface area contributed by atoms with Crippen molar-refractivity contribution in [3.05, 3.63) is 34.4 Å². The molecular formula is C18H32IN5O3. The number of nitrogens with one attached hydrogen (secondary N) is 3. The van der Waals surface area contributed by atoms with Gasteiger partial charge in [-0.2, -0.15) is 0 Å². The van der Waals surface area contributed by atoms with Crippen molar-refractivity contribution in [2.24, 2.45) is 10.9 Å². The number of halogens is 1. The number of nitrogens with zero attached hydrogens (tertiary/aromatic N) is 2. The normalized spacial score (nSPS) is 12.0. The molecule has 1 atom stereocenters. The molecule has 0 aliphatic carbocycles. The second-order valence-electron chi connectivity index (χ2n) is 6.01. The molecule has 1 aromatic rings. The van der Waals surface area contributed by atoms with Gasteiger partial charge in [-0.3, -0.25) is 15.1 Å². The molecule has 0 amide bonds. The van der Waals surface area contributed by atoms with Crippen LogP contribution in [0.5, 0.6) is 0 Å². The second kappa shape index (κ2) is 15.4. The van der Waals surface area contributed by atoms with Crippen molar-refractivity contribution < 1.29 is 10.0 Å². The Morgan fingerprint density at radius 2 is 1.96 bits per heavy atom. The minimum atomic E-state index is -0.393. The van der Waals surface area contributed by atoms with Crippen molar-refractivity contribution in [3.8, 4) is 0 Å². The summed E-state index contributed by atoms with van der Waals surface area (Å²) in [5.41, 5.74) is 0.576. The first kappa shape index (κ1) is 25.4. The van der Waals surface area contributed by atoms with E-state index in [0.717, 1.165) is 31.8 Å². The van der Waals surface area contributed by atoms with Crippen LogP contribution in [-0.4, -0.2) is 48.8 Å². The average Bonchev–Trinajstić information content (AvgIpc) is 2.63. The van der Waals surface area contributed by atoms with Crippen molar-refractivity contribution in [2.45, 2.75) is 33.1 Å². The molecule has 1 unspecified atom stereocenters. The van der Waals surface area contributed by atoms with Crippen LogP contribution in [0.15, 0.2) is 29.3 Å². The fourth-order valence-corrected chi connectivity index (χ4v) is 2.64. The predicted octanol–water partition coefficient (Wildman–Crippen LogP) is 2.98. The highest BCUT2D eigenvalue weighted by Crippen LogP contribution is 2.22. The molecule has 0 saturated heterocycles. The third-order valence-electron chi connectivity index (χ3n) is 3.92. The molecule has 0 spiro atoms. The monoisotopic (exact) mass is 493 g/mol. The fraction of sp³-hybridized carbons (Fsp3) is 0.611. The quantitative estimate of drug-likeness (QED) is 0.0890. The molecule has 154 valence electrons. The molecule has 4 N–H and O–H groups in total. The van der Waals surface area contributed by atoms with E-state index in [1.165, 1.54) is 6.07 Å². The Morgan fingerprint density at radius 3 is 2.59 bits per heavy atom. The SMILES string of the molecule is CCCC(CCO)CN=C(NCC)NCCNc1ccccc1[N+](=O)[O-].I. The van der Waals surface area contributed by atoms with Crippen molar-refractivity contribution >= 4 is 41.3 Å². The largest absolute Gasteiger partial charge is 0.396 e. The van der Waals surface area contributed by atoms with Crippen LogP contribution in [0.25, 0.3) is 0 Å². The van der Waals surface area contributed by atoms with E-state index >= 15 is 0 Å². The van der Waals surface area contributed by atoms with Crippen LogP contribution in [-0.2, 0) is 0 Å². The van der Waals surface area contributed by atoms with E-state index in [9.17, 15) is 10.1 Å². The molecule has 1 aromatic carbocycles. The summed E-state index contributed by atoms with van der Waals surface area (Å²) >= 11 is 0. The van der Waals surface area contributed by atoms with Gasteiger partial charge in [-0.25, -0.2) is 0 Å². The standard InChI is InChI=1S/C18H31N5O3.HI/c1-3-7-15(10-13-24)14-22-18(19-4-2)21-12-11-20-16-8-5-6-9-17(16)23(25)26;/h5-6,8-9,15,20,24H,3-4,7,10-14H2,1-2H3,(H2,19,21,22);1H. The highest BCUT2D eigenvalue weighted by Gasteiger charge is 2.11. The molecule has 0 bridgehead atoms. The summed E-state index contributed by atoms with van der Waals surface area (Å²) in [6, 6.07) is 6.60. The lowest BCUT2D eigenvalue weighted by Gasteiger charge is -2.15. The number of hydrogen-bond acceptors (Lipinski definition) is 5. The van der Waals surface area contributed by atoms with E-state index in [-0.39, 0.29) is 36.3 Å². The third kappa shape index (κ3) is 10.3. The van der Waals surface area contributed by atoms with Gasteiger partial charge in [0.1, 0.15) is 5.69 Å². The number of para-hydroxylation sites is 2. The lowest BCUT2D eigenvalue weighted by atomic mass is 10.0. The van der Waals surface area contributed by atoms with E-state index in [0.29, 0.717) is 31.2 Å². The van der Waals surface area contributed by atoms with E-state index in [1.807, 2.05) is 6.92 Å². The topological polar surface area (TPSA) is 112 Å². The Balaban J connectivity index is 0.00000676. The number of aliphatic hydroxyl groups excluding tert-OH is 1. The van der Waals surface area contributed by atoms with Gasteiger partial charge in [0.15, 0.2) is 5.96 Å². The van der Waals surface area contributed by atoms with Gasteiger partial charge in [0.25, 0.3) is 5.69 Å². The molecule has 0 heterocycles. The number of nitro benzene ring substituents is 1. The number of aliphatic imine (C=N–C) groups is 1. The summed E-state index contributed by atoms with van der Waals surface area (Å²) in [7, 11) is 0. The molecule has 0 aromatic heterocycles. The number of guanidine groups is 1. The molecule has 0 saturated carbocycles. The molecule has 8 nitrogen and oxygen atoms in total. The molecule has 1 rings (SSSR count). The van der Waals surface area contributed by atoms with Crippen molar-refractivity contribution in [1.82, 2.24) is 10.6 Å². The number of benzene rings is 1. The van der Waals surface area contributed by atoms with Gasteiger partial charge in [0.05, 0.1) is 4.92 Å². The number of anilines is 1. The Bertz CT molecular complexity index is 566. The molecule has 0 aliphatic heterocycles. The number of rotatable bonds is 12. The highest BCUT2D eigenvalue weighted by atomic mass is 127. The number of nitro groups is 1. The Morgan fingerprint density at radius 1 is 1.22 bits per heavy atom. The van der Waals surface area contributed by atoms with Gasteiger partial charge in [-0.15, -0.1) is 24.0 Å². The lowest BCUT2D eigenvalue weighted by Crippen LogP contribution is -2.40. The molecule has 0 aliphatic rings. The van der Waals surface area contributed by atoms with E-state index in [4.69, 9.17) is 5.11 Å². The van der Waals surface area contributed by atoms with Crippen LogP contribution in [0.2, 0.25) is 0 Å². The number of aliphatic hydroxyl groups is 1. The van der Waals surface area contributed by atoms with Crippen LogP contribution in [0.1, 0.15) is 33.1 Å². The van der Waals surface area contributed by atoms with Crippen LogP contribution >= 0.6 is 24.0 Å². The molecular weight excluding hydrogens is 461 g/mol. The first-order valence-electron chi connectivity index (χ1n) is 9.22. The fourth-order valence-electron chi connectivity index (χ4n) is 2.64. The predicted molar refractivity (Wildman–Crippen MR) is 121 cm³/mol. The maximum Gasteiger partial charge on any atom is 0.292 e. The van der Waals surface area contributed by atoms with Gasteiger partial charge in [0, 0.05) is 38.9 Å². The molecule has 9 heteroatoms. The summed E-state index contributed by atoms with van der Waals surface area (Å²) in [5, 5.41) is 29.6. The third-order valence-corrected chi connectivity index (χ3v) is 3.92. The Hall–Kier alpha value is -1.62. The van der Waals surface area contributed by atoms with E-state index in [1.54, 1.807) is 18.2 Å². The maximum atomic E-state index is 11.0. The van der Waals surface area contributed by atoms with Crippen LogP contribution in [0.3, 0.4) is 0 Å². The highest BCUT2D eigenvalue weighted by molar-refractivity contribution is 14.0. The minimum Gasteiger partial charge on any atom is -0.396 e. The van der Waals surface area contributed by atoms with Crippen molar-refractivity contribution in [2.75, 3.05) is 38.1 Å². The molecule has 27 heavy (non-hydrogen) atoms. The van der Waals surface area contributed by atoms with Gasteiger partial charge >= 0.3 is 0 Å². The first-order valence-corrected chi connectivity index (χ1v) is 9.22. The summed E-state index contributed by atoms with van der Waals surface area (Å²) in [6.07, 6.45) is 2.88. The van der Waals surface area contributed by atoms with Crippen molar-refractivity contribution in [3.63, 3.8) is 0 Å². The zero-order valence-corrected chi connectivity index (χ0v) is 18.4. The van der Waals surface area contributed by atoms with E-state index < -0.39 is 4.92 Å². The first-order chi connectivity index (χ1) is 12.6.